The van der Waals surface area contributed by atoms with Crippen LogP contribution < -0.4 is 0 Å². The average Bonchev–Trinajstić information content (AvgIpc) is 2.82. The Kier molecular flexibility index (Phi) is 7.52. The third kappa shape index (κ3) is 6.04. The lowest BCUT2D eigenvalue weighted by molar-refractivity contribution is -0.137. The van der Waals surface area contributed by atoms with E-state index in [0.717, 1.165) is 63.8 Å². The van der Waals surface area contributed by atoms with Gasteiger partial charge < -0.3 is 4.90 Å². The Morgan fingerprint density at radius 1 is 1.10 bits per heavy atom. The first-order chi connectivity index (χ1) is 15.2. The molecule has 1 amide bonds. The minimum atomic E-state index is 0.141. The zero-order valence-corrected chi connectivity index (χ0v) is 18.7. The van der Waals surface area contributed by atoms with Gasteiger partial charge in [-0.15, -0.1) is 0 Å². The van der Waals surface area contributed by atoms with Crippen molar-refractivity contribution in [2.24, 2.45) is 11.8 Å². The number of carbonyl (C=O) groups excluding carboxylic acids is 1. The molecule has 1 saturated heterocycles. The first-order valence-electron chi connectivity index (χ1n) is 11.8. The molecule has 2 aliphatic rings. The Bertz CT molecular complexity index is 871. The number of aryl methyl sites for hydroxylation is 1. The molecule has 4 rings (SSSR count). The van der Waals surface area contributed by atoms with E-state index in [1.54, 1.807) is 6.20 Å². The molecule has 1 aromatic heterocycles. The van der Waals surface area contributed by atoms with E-state index in [1.807, 2.05) is 12.3 Å². The quantitative estimate of drug-likeness (QED) is 0.596. The summed E-state index contributed by atoms with van der Waals surface area (Å²) in [7, 11) is 0. The van der Waals surface area contributed by atoms with Crippen LogP contribution in [0, 0.1) is 18.8 Å². The van der Waals surface area contributed by atoms with Gasteiger partial charge in [0.1, 0.15) is 0 Å². The van der Waals surface area contributed by atoms with Crippen molar-refractivity contribution in [2.75, 3.05) is 19.6 Å². The van der Waals surface area contributed by atoms with Crippen LogP contribution in [0.15, 0.2) is 60.9 Å². The van der Waals surface area contributed by atoms with Gasteiger partial charge in [-0.05, 0) is 80.8 Å². The van der Waals surface area contributed by atoms with Crippen LogP contribution in [0.2, 0.25) is 0 Å². The van der Waals surface area contributed by atoms with E-state index >= 15 is 0 Å². The highest BCUT2D eigenvalue weighted by Crippen LogP contribution is 2.25. The fourth-order valence-corrected chi connectivity index (χ4v) is 4.89. The molecule has 1 aromatic carbocycles. The molecule has 2 heterocycles. The van der Waals surface area contributed by atoms with Gasteiger partial charge in [0, 0.05) is 37.9 Å². The van der Waals surface area contributed by atoms with Crippen molar-refractivity contribution in [2.45, 2.75) is 52.1 Å². The van der Waals surface area contributed by atoms with E-state index in [2.05, 4.69) is 64.2 Å². The summed E-state index contributed by atoms with van der Waals surface area (Å²) < 4.78 is 0. The molecular formula is C27H35N3O. The molecule has 1 atom stereocenters. The van der Waals surface area contributed by atoms with Crippen molar-refractivity contribution in [3.63, 3.8) is 0 Å². The van der Waals surface area contributed by atoms with Gasteiger partial charge in [-0.1, -0.05) is 42.5 Å². The van der Waals surface area contributed by atoms with Gasteiger partial charge in [-0.2, -0.15) is 0 Å². The number of hydrogen-bond donors (Lipinski definition) is 0. The number of aromatic nitrogens is 1. The normalized spacial score (nSPS) is 20.0. The fourth-order valence-electron chi connectivity index (χ4n) is 4.89. The number of carbonyl (C=O) groups is 1. The number of hydrogen-bond acceptors (Lipinski definition) is 3. The van der Waals surface area contributed by atoms with Crippen LogP contribution >= 0.6 is 0 Å². The zero-order chi connectivity index (χ0) is 21.5. The highest BCUT2D eigenvalue weighted by Gasteiger charge is 2.28. The van der Waals surface area contributed by atoms with E-state index in [4.69, 9.17) is 0 Å². The molecule has 0 bridgehead atoms. The molecule has 1 aliphatic carbocycles. The summed E-state index contributed by atoms with van der Waals surface area (Å²) in [5, 5.41) is 0. The van der Waals surface area contributed by atoms with Crippen molar-refractivity contribution in [1.29, 1.82) is 0 Å². The summed E-state index contributed by atoms with van der Waals surface area (Å²) in [6.45, 7) is 7.00. The average molecular weight is 418 g/mol. The number of nitrogens with zero attached hydrogens (tertiary/aromatic N) is 3. The number of piperidine rings is 1. The third-order valence-electron chi connectivity index (χ3n) is 6.87. The topological polar surface area (TPSA) is 36.4 Å². The summed E-state index contributed by atoms with van der Waals surface area (Å²) in [5.74, 6) is 1.05. The number of benzene rings is 1. The maximum Gasteiger partial charge on any atom is 0.226 e. The van der Waals surface area contributed by atoms with E-state index in [9.17, 15) is 4.79 Å². The Morgan fingerprint density at radius 3 is 2.65 bits per heavy atom. The molecule has 164 valence electrons. The fraction of sp³-hybridized carbons (Fsp3) is 0.481. The predicted octanol–water partition coefficient (Wildman–Crippen LogP) is 4.99. The van der Waals surface area contributed by atoms with Crippen LogP contribution in [0.3, 0.4) is 0 Å². The molecule has 0 radical (unpaired) electrons. The van der Waals surface area contributed by atoms with Crippen molar-refractivity contribution < 1.29 is 4.79 Å². The molecule has 2 aromatic rings. The minimum Gasteiger partial charge on any atom is -0.338 e. The van der Waals surface area contributed by atoms with Crippen LogP contribution in [-0.4, -0.2) is 40.3 Å². The summed E-state index contributed by atoms with van der Waals surface area (Å²) in [6.07, 6.45) is 13.3. The molecule has 31 heavy (non-hydrogen) atoms. The second-order valence-corrected chi connectivity index (χ2v) is 9.21. The standard InChI is InChI=1S/C27H35N3O/c1-22-8-5-6-12-26(22)21-29-16-13-23(14-17-29)19-30(20-24-9-7-15-28-18-24)27(31)25-10-3-2-4-11-25/h2-3,5-9,12,15,18,23,25H,4,10-11,13-14,16-17,19-21H2,1H3. The van der Waals surface area contributed by atoms with Gasteiger partial charge in [0.15, 0.2) is 0 Å². The van der Waals surface area contributed by atoms with Gasteiger partial charge in [-0.25, -0.2) is 0 Å². The Hall–Kier alpha value is -2.46. The van der Waals surface area contributed by atoms with Crippen LogP contribution in [0.5, 0.6) is 0 Å². The lowest BCUT2D eigenvalue weighted by Crippen LogP contribution is -2.42. The second-order valence-electron chi connectivity index (χ2n) is 9.21. The van der Waals surface area contributed by atoms with E-state index in [0.29, 0.717) is 18.4 Å². The van der Waals surface area contributed by atoms with Crippen LogP contribution in [0.25, 0.3) is 0 Å². The maximum atomic E-state index is 13.4. The molecule has 0 spiro atoms. The molecule has 4 nitrogen and oxygen atoms in total. The Morgan fingerprint density at radius 2 is 1.94 bits per heavy atom. The molecule has 1 aliphatic heterocycles. The van der Waals surface area contributed by atoms with Crippen LogP contribution in [-0.2, 0) is 17.9 Å². The Labute approximate surface area is 187 Å². The number of allylic oxidation sites excluding steroid dienone is 2. The zero-order valence-electron chi connectivity index (χ0n) is 18.7. The summed E-state index contributed by atoms with van der Waals surface area (Å²) >= 11 is 0. The smallest absolute Gasteiger partial charge is 0.226 e. The number of rotatable bonds is 7. The number of amides is 1. The molecule has 0 saturated carbocycles. The van der Waals surface area contributed by atoms with Crippen molar-refractivity contribution in [3.05, 3.63) is 77.6 Å². The van der Waals surface area contributed by atoms with Gasteiger partial charge in [-0.3, -0.25) is 14.7 Å². The largest absolute Gasteiger partial charge is 0.338 e. The predicted molar refractivity (Wildman–Crippen MR) is 125 cm³/mol. The minimum absolute atomic E-state index is 0.141. The lowest BCUT2D eigenvalue weighted by atomic mass is 9.91. The first kappa shape index (κ1) is 21.8. The van der Waals surface area contributed by atoms with E-state index in [-0.39, 0.29) is 5.92 Å². The number of likely N-dealkylation sites (tertiary alicyclic amines) is 1. The molecular weight excluding hydrogens is 382 g/mol. The summed E-state index contributed by atoms with van der Waals surface area (Å²) in [4.78, 5) is 22.3. The van der Waals surface area contributed by atoms with Gasteiger partial charge in [0.05, 0.1) is 0 Å². The third-order valence-corrected chi connectivity index (χ3v) is 6.87. The van der Waals surface area contributed by atoms with Gasteiger partial charge in [0.25, 0.3) is 0 Å². The summed E-state index contributed by atoms with van der Waals surface area (Å²) in [6, 6.07) is 12.7. The number of pyridine rings is 1. The lowest BCUT2D eigenvalue weighted by Gasteiger charge is -2.36. The van der Waals surface area contributed by atoms with E-state index in [1.165, 1.54) is 11.1 Å². The van der Waals surface area contributed by atoms with Crippen LogP contribution in [0.1, 0.15) is 48.8 Å². The molecule has 0 N–H and O–H groups in total. The van der Waals surface area contributed by atoms with Crippen LogP contribution in [0.4, 0.5) is 0 Å². The van der Waals surface area contributed by atoms with Crippen molar-refractivity contribution >= 4 is 5.91 Å². The van der Waals surface area contributed by atoms with Gasteiger partial charge >= 0.3 is 0 Å². The molecule has 4 heteroatoms. The second kappa shape index (κ2) is 10.7. The monoisotopic (exact) mass is 417 g/mol. The van der Waals surface area contributed by atoms with Crippen molar-refractivity contribution in [3.8, 4) is 0 Å². The first-order valence-corrected chi connectivity index (χ1v) is 11.8. The molecule has 1 unspecified atom stereocenters. The SMILES string of the molecule is Cc1ccccc1CN1CCC(CN(Cc2cccnc2)C(=O)C2CC=CCC2)CC1. The van der Waals surface area contributed by atoms with Gasteiger partial charge in [0.2, 0.25) is 5.91 Å². The van der Waals surface area contributed by atoms with E-state index < -0.39 is 0 Å². The maximum absolute atomic E-state index is 13.4. The highest BCUT2D eigenvalue weighted by molar-refractivity contribution is 5.79. The molecule has 1 fully saturated rings. The summed E-state index contributed by atoms with van der Waals surface area (Å²) in [5.41, 5.74) is 3.93. The highest BCUT2D eigenvalue weighted by atomic mass is 16.2. The Balaban J connectivity index is 1.36. The van der Waals surface area contributed by atoms with Crippen molar-refractivity contribution in [1.82, 2.24) is 14.8 Å².